The van der Waals surface area contributed by atoms with Crippen LogP contribution < -0.4 is 5.32 Å². The van der Waals surface area contributed by atoms with Gasteiger partial charge in [0.2, 0.25) is 5.91 Å². The molecule has 1 unspecified atom stereocenters. The lowest BCUT2D eigenvalue weighted by molar-refractivity contribution is -0.141. The van der Waals surface area contributed by atoms with Crippen molar-refractivity contribution in [3.05, 3.63) is 0 Å². The molecule has 0 saturated carbocycles. The minimum atomic E-state index is -0.866. The van der Waals surface area contributed by atoms with Crippen LogP contribution in [0.15, 0.2) is 0 Å². The molecule has 1 amide bonds. The first-order chi connectivity index (χ1) is 8.75. The van der Waals surface area contributed by atoms with Crippen molar-refractivity contribution in [3.63, 3.8) is 0 Å². The molecule has 0 aromatic rings. The van der Waals surface area contributed by atoms with E-state index in [4.69, 9.17) is 5.11 Å². The molecule has 1 aliphatic rings. The van der Waals surface area contributed by atoms with Gasteiger partial charge in [-0.05, 0) is 38.6 Å². The monoisotopic (exact) mass is 270 g/mol. The van der Waals surface area contributed by atoms with Crippen molar-refractivity contribution in [1.82, 2.24) is 10.2 Å². The standard InChI is InChI=1S/C14H26N2O3/c1-10(2)16(9-6-11(17)18)13(19)12-14(3,4)7-5-8-15-12/h10,12,15H,5-9H2,1-4H3,(H,17,18). The Hall–Kier alpha value is -1.10. The van der Waals surface area contributed by atoms with Crippen LogP contribution in [0, 0.1) is 5.41 Å². The molecule has 19 heavy (non-hydrogen) atoms. The van der Waals surface area contributed by atoms with Crippen LogP contribution in [-0.2, 0) is 9.59 Å². The lowest BCUT2D eigenvalue weighted by Crippen LogP contribution is -2.58. The zero-order valence-corrected chi connectivity index (χ0v) is 12.4. The fourth-order valence-corrected chi connectivity index (χ4v) is 2.64. The summed E-state index contributed by atoms with van der Waals surface area (Å²) in [5.74, 6) is -0.838. The van der Waals surface area contributed by atoms with Gasteiger partial charge in [-0.2, -0.15) is 0 Å². The van der Waals surface area contributed by atoms with E-state index in [1.54, 1.807) is 4.90 Å². The summed E-state index contributed by atoms with van der Waals surface area (Å²) in [4.78, 5) is 25.0. The molecule has 0 spiro atoms. The van der Waals surface area contributed by atoms with E-state index in [0.29, 0.717) is 0 Å². The van der Waals surface area contributed by atoms with Gasteiger partial charge in [-0.1, -0.05) is 13.8 Å². The smallest absolute Gasteiger partial charge is 0.305 e. The Morgan fingerprint density at radius 2 is 2.05 bits per heavy atom. The third-order valence-corrected chi connectivity index (χ3v) is 3.85. The molecule has 5 nitrogen and oxygen atoms in total. The highest BCUT2D eigenvalue weighted by Crippen LogP contribution is 2.31. The fraction of sp³-hybridized carbons (Fsp3) is 0.857. The fourth-order valence-electron chi connectivity index (χ4n) is 2.64. The molecule has 1 atom stereocenters. The molecule has 0 bridgehead atoms. The number of nitrogens with one attached hydrogen (secondary N) is 1. The van der Waals surface area contributed by atoms with E-state index in [-0.39, 0.29) is 36.4 Å². The SMILES string of the molecule is CC(C)N(CCC(=O)O)C(=O)C1NCCCC1(C)C. The van der Waals surface area contributed by atoms with E-state index in [0.717, 1.165) is 19.4 Å². The molecule has 110 valence electrons. The largest absolute Gasteiger partial charge is 0.481 e. The predicted octanol–water partition coefficient (Wildman–Crippen LogP) is 1.48. The van der Waals surface area contributed by atoms with Crippen LogP contribution in [0.25, 0.3) is 0 Å². The van der Waals surface area contributed by atoms with Crippen molar-refractivity contribution in [3.8, 4) is 0 Å². The first kappa shape index (κ1) is 16.0. The first-order valence-electron chi connectivity index (χ1n) is 7.01. The molecule has 1 heterocycles. The summed E-state index contributed by atoms with van der Waals surface area (Å²) in [5.41, 5.74) is -0.0777. The van der Waals surface area contributed by atoms with Crippen LogP contribution >= 0.6 is 0 Å². The lowest BCUT2D eigenvalue weighted by Gasteiger charge is -2.41. The second-order valence-electron chi connectivity index (χ2n) is 6.25. The Labute approximate surface area is 115 Å². The van der Waals surface area contributed by atoms with E-state index in [1.807, 2.05) is 13.8 Å². The molecule has 5 heteroatoms. The number of nitrogens with zero attached hydrogens (tertiary/aromatic N) is 1. The van der Waals surface area contributed by atoms with Crippen molar-refractivity contribution < 1.29 is 14.7 Å². The second kappa shape index (κ2) is 6.37. The third kappa shape index (κ3) is 4.20. The van der Waals surface area contributed by atoms with Crippen molar-refractivity contribution in [2.24, 2.45) is 5.41 Å². The van der Waals surface area contributed by atoms with Crippen LogP contribution in [0.3, 0.4) is 0 Å². The number of carboxylic acid groups (broad SMARTS) is 1. The Morgan fingerprint density at radius 1 is 1.42 bits per heavy atom. The molecule has 1 aliphatic heterocycles. The van der Waals surface area contributed by atoms with Gasteiger partial charge in [0.15, 0.2) is 0 Å². The number of carbonyl (C=O) groups excluding carboxylic acids is 1. The zero-order valence-electron chi connectivity index (χ0n) is 12.4. The van der Waals surface area contributed by atoms with E-state index in [2.05, 4.69) is 19.2 Å². The maximum atomic E-state index is 12.6. The topological polar surface area (TPSA) is 69.6 Å². The normalized spacial score (nSPS) is 22.3. The van der Waals surface area contributed by atoms with Crippen molar-refractivity contribution in [2.45, 2.75) is 59.0 Å². The van der Waals surface area contributed by atoms with E-state index in [1.165, 1.54) is 0 Å². The number of amides is 1. The van der Waals surface area contributed by atoms with Crippen LogP contribution in [0.2, 0.25) is 0 Å². The van der Waals surface area contributed by atoms with Gasteiger partial charge < -0.3 is 15.3 Å². The summed E-state index contributed by atoms with van der Waals surface area (Å²) in [6.07, 6.45) is 2.09. The summed E-state index contributed by atoms with van der Waals surface area (Å²) >= 11 is 0. The minimum Gasteiger partial charge on any atom is -0.481 e. The second-order valence-corrected chi connectivity index (χ2v) is 6.25. The Kier molecular flexibility index (Phi) is 5.35. The number of carboxylic acids is 1. The van der Waals surface area contributed by atoms with Crippen molar-refractivity contribution >= 4 is 11.9 Å². The van der Waals surface area contributed by atoms with Gasteiger partial charge in [-0.15, -0.1) is 0 Å². The first-order valence-corrected chi connectivity index (χ1v) is 7.01. The summed E-state index contributed by atoms with van der Waals surface area (Å²) in [6.45, 7) is 9.17. The molecular weight excluding hydrogens is 244 g/mol. The van der Waals surface area contributed by atoms with Crippen molar-refractivity contribution in [2.75, 3.05) is 13.1 Å². The van der Waals surface area contributed by atoms with Gasteiger partial charge >= 0.3 is 5.97 Å². The van der Waals surface area contributed by atoms with Gasteiger partial charge in [0, 0.05) is 12.6 Å². The number of aliphatic carboxylic acids is 1. The molecule has 1 saturated heterocycles. The molecule has 0 aromatic carbocycles. The highest BCUT2D eigenvalue weighted by molar-refractivity contribution is 5.83. The number of carbonyl (C=O) groups is 2. The Balaban J connectivity index is 2.77. The third-order valence-electron chi connectivity index (χ3n) is 3.85. The number of piperidine rings is 1. The molecule has 2 N–H and O–H groups in total. The average Bonchev–Trinajstić information content (AvgIpc) is 2.27. The van der Waals surface area contributed by atoms with Gasteiger partial charge in [0.25, 0.3) is 0 Å². The molecule has 0 aliphatic carbocycles. The Morgan fingerprint density at radius 3 is 2.53 bits per heavy atom. The summed E-state index contributed by atoms with van der Waals surface area (Å²) in [5, 5.41) is 12.1. The van der Waals surface area contributed by atoms with Gasteiger partial charge in [-0.25, -0.2) is 0 Å². The van der Waals surface area contributed by atoms with Crippen LogP contribution in [0.4, 0.5) is 0 Å². The van der Waals surface area contributed by atoms with E-state index in [9.17, 15) is 9.59 Å². The quantitative estimate of drug-likeness (QED) is 0.794. The van der Waals surface area contributed by atoms with Crippen LogP contribution in [0.5, 0.6) is 0 Å². The summed E-state index contributed by atoms with van der Waals surface area (Å²) in [7, 11) is 0. The van der Waals surface area contributed by atoms with Crippen molar-refractivity contribution in [1.29, 1.82) is 0 Å². The van der Waals surface area contributed by atoms with Gasteiger partial charge in [-0.3, -0.25) is 9.59 Å². The molecule has 1 rings (SSSR count). The molecule has 1 fully saturated rings. The predicted molar refractivity (Wildman–Crippen MR) is 73.9 cm³/mol. The maximum Gasteiger partial charge on any atom is 0.305 e. The van der Waals surface area contributed by atoms with Gasteiger partial charge in [0.1, 0.15) is 0 Å². The molecule has 0 radical (unpaired) electrons. The molecular formula is C14H26N2O3. The number of rotatable bonds is 5. The number of hydrogen-bond acceptors (Lipinski definition) is 3. The van der Waals surface area contributed by atoms with Crippen LogP contribution in [0.1, 0.15) is 47.0 Å². The van der Waals surface area contributed by atoms with E-state index >= 15 is 0 Å². The van der Waals surface area contributed by atoms with Crippen LogP contribution in [-0.4, -0.2) is 47.1 Å². The molecule has 0 aromatic heterocycles. The maximum absolute atomic E-state index is 12.6. The lowest BCUT2D eigenvalue weighted by atomic mass is 9.77. The average molecular weight is 270 g/mol. The summed E-state index contributed by atoms with van der Waals surface area (Å²) in [6, 6.07) is -0.191. The Bertz CT molecular complexity index is 340. The zero-order chi connectivity index (χ0) is 14.6. The minimum absolute atomic E-state index is 0.00291. The highest BCUT2D eigenvalue weighted by atomic mass is 16.4. The highest BCUT2D eigenvalue weighted by Gasteiger charge is 2.39. The summed E-state index contributed by atoms with van der Waals surface area (Å²) < 4.78 is 0. The van der Waals surface area contributed by atoms with Gasteiger partial charge in [0.05, 0.1) is 12.5 Å². The number of hydrogen-bond donors (Lipinski definition) is 2. The van der Waals surface area contributed by atoms with E-state index < -0.39 is 5.97 Å².